The van der Waals surface area contributed by atoms with Crippen LogP contribution in [0.15, 0.2) is 12.4 Å². The highest BCUT2D eigenvalue weighted by Gasteiger charge is 2.31. The summed E-state index contributed by atoms with van der Waals surface area (Å²) in [6.07, 6.45) is 4.30. The second-order valence-electron chi connectivity index (χ2n) is 5.60. The van der Waals surface area contributed by atoms with Gasteiger partial charge in [-0.2, -0.15) is 5.10 Å². The molecular formula is C13H22N4O3S. The number of nitrogens with one attached hydrogen (secondary N) is 1. The van der Waals surface area contributed by atoms with Gasteiger partial charge in [0.25, 0.3) is 0 Å². The number of hydrogen-bond donors (Lipinski definition) is 1. The molecular weight excluding hydrogens is 292 g/mol. The Morgan fingerprint density at radius 3 is 2.90 bits per heavy atom. The zero-order valence-electron chi connectivity index (χ0n) is 12.4. The van der Waals surface area contributed by atoms with Gasteiger partial charge >= 0.3 is 0 Å². The maximum atomic E-state index is 11.8. The van der Waals surface area contributed by atoms with Gasteiger partial charge in [-0.15, -0.1) is 0 Å². The van der Waals surface area contributed by atoms with E-state index in [0.717, 1.165) is 5.56 Å². The largest absolute Gasteiger partial charge is 0.353 e. The molecule has 1 aliphatic rings. The van der Waals surface area contributed by atoms with Crippen molar-refractivity contribution >= 4 is 15.7 Å². The third-order valence-electron chi connectivity index (χ3n) is 3.65. The lowest BCUT2D eigenvalue weighted by molar-refractivity contribution is -0.122. The number of aryl methyl sites for hydroxylation is 1. The summed E-state index contributed by atoms with van der Waals surface area (Å²) in [5.41, 5.74) is 1.09. The Hall–Kier alpha value is -1.41. The van der Waals surface area contributed by atoms with Gasteiger partial charge in [-0.3, -0.25) is 14.4 Å². The van der Waals surface area contributed by atoms with Crippen LogP contribution in [-0.2, 0) is 21.2 Å². The van der Waals surface area contributed by atoms with Crippen molar-refractivity contribution in [1.82, 2.24) is 20.0 Å². The molecule has 1 N–H and O–H groups in total. The molecule has 0 saturated carbocycles. The van der Waals surface area contributed by atoms with Gasteiger partial charge in [0, 0.05) is 18.8 Å². The van der Waals surface area contributed by atoms with Gasteiger partial charge in [-0.1, -0.05) is 0 Å². The summed E-state index contributed by atoms with van der Waals surface area (Å²) in [4.78, 5) is 13.7. The number of sulfone groups is 1. The highest BCUT2D eigenvalue weighted by molar-refractivity contribution is 7.91. The van der Waals surface area contributed by atoms with E-state index in [9.17, 15) is 13.2 Å². The van der Waals surface area contributed by atoms with E-state index >= 15 is 0 Å². The zero-order valence-corrected chi connectivity index (χ0v) is 13.3. The van der Waals surface area contributed by atoms with Crippen LogP contribution in [0.25, 0.3) is 0 Å². The number of nitrogens with zero attached hydrogens (tertiary/aromatic N) is 3. The molecule has 2 heterocycles. The van der Waals surface area contributed by atoms with Crippen LogP contribution >= 0.6 is 0 Å². The van der Waals surface area contributed by atoms with Crippen molar-refractivity contribution in [2.24, 2.45) is 0 Å². The molecule has 1 aromatic rings. The van der Waals surface area contributed by atoms with Gasteiger partial charge in [0.2, 0.25) is 5.91 Å². The first kappa shape index (κ1) is 16.0. The molecule has 0 aromatic carbocycles. The van der Waals surface area contributed by atoms with E-state index in [-0.39, 0.29) is 30.0 Å². The maximum Gasteiger partial charge on any atom is 0.234 e. The fourth-order valence-corrected chi connectivity index (χ4v) is 4.24. The number of aromatic nitrogens is 2. The Labute approximate surface area is 125 Å². The van der Waals surface area contributed by atoms with Crippen molar-refractivity contribution in [1.29, 1.82) is 0 Å². The molecule has 1 fully saturated rings. The molecule has 0 spiro atoms. The topological polar surface area (TPSA) is 84.3 Å². The number of rotatable bonds is 6. The number of carbonyl (C=O) groups is 1. The quantitative estimate of drug-likeness (QED) is 0.760. The van der Waals surface area contributed by atoms with Crippen LogP contribution in [0, 0.1) is 6.92 Å². The Bertz CT molecular complexity index is 596. The number of hydrogen-bond acceptors (Lipinski definition) is 5. The Morgan fingerprint density at radius 2 is 2.33 bits per heavy atom. The van der Waals surface area contributed by atoms with E-state index in [1.54, 1.807) is 17.9 Å². The molecule has 0 aliphatic carbocycles. The first-order chi connectivity index (χ1) is 9.85. The molecule has 1 saturated heterocycles. The summed E-state index contributed by atoms with van der Waals surface area (Å²) in [6, 6.07) is -0.0467. The third kappa shape index (κ3) is 4.82. The maximum absolute atomic E-state index is 11.8. The summed E-state index contributed by atoms with van der Waals surface area (Å²) < 4.78 is 24.6. The lowest BCUT2D eigenvalue weighted by Gasteiger charge is -2.22. The van der Waals surface area contributed by atoms with Crippen molar-refractivity contribution in [2.75, 3.05) is 31.6 Å². The van der Waals surface area contributed by atoms with Gasteiger partial charge in [-0.05, 0) is 26.0 Å². The van der Waals surface area contributed by atoms with Crippen LogP contribution in [0.5, 0.6) is 0 Å². The van der Waals surface area contributed by atoms with Crippen molar-refractivity contribution < 1.29 is 13.2 Å². The monoisotopic (exact) mass is 314 g/mol. The van der Waals surface area contributed by atoms with Gasteiger partial charge in [-0.25, -0.2) is 8.42 Å². The van der Waals surface area contributed by atoms with Gasteiger partial charge < -0.3 is 5.32 Å². The molecule has 1 aliphatic heterocycles. The van der Waals surface area contributed by atoms with Crippen LogP contribution in [-0.4, -0.2) is 66.7 Å². The fourth-order valence-electron chi connectivity index (χ4n) is 2.43. The third-order valence-corrected chi connectivity index (χ3v) is 5.40. The minimum Gasteiger partial charge on any atom is -0.353 e. The highest BCUT2D eigenvalue weighted by atomic mass is 32.2. The first-order valence-electron chi connectivity index (χ1n) is 7.02. The molecule has 7 nitrogen and oxygen atoms in total. The molecule has 2 rings (SSSR count). The zero-order chi connectivity index (χ0) is 15.5. The van der Waals surface area contributed by atoms with E-state index in [2.05, 4.69) is 10.4 Å². The van der Waals surface area contributed by atoms with Crippen LogP contribution in [0.4, 0.5) is 0 Å². The van der Waals surface area contributed by atoms with Crippen molar-refractivity contribution in [3.05, 3.63) is 18.0 Å². The highest BCUT2D eigenvalue weighted by Crippen LogP contribution is 2.15. The second kappa shape index (κ2) is 6.57. The van der Waals surface area contributed by atoms with Gasteiger partial charge in [0.05, 0.1) is 30.8 Å². The van der Waals surface area contributed by atoms with Crippen LogP contribution in [0.1, 0.15) is 12.0 Å². The normalized spacial score (nSPS) is 20.8. The average molecular weight is 314 g/mol. The molecule has 0 bridgehead atoms. The number of likely N-dealkylation sites (N-methyl/N-ethyl adjacent to an activating group) is 1. The molecule has 118 valence electrons. The number of carbonyl (C=O) groups excluding carboxylic acids is 1. The van der Waals surface area contributed by atoms with Gasteiger partial charge in [0.15, 0.2) is 9.84 Å². The SMILES string of the molecule is Cc1cnn(CCNC(=O)CN(C)C2CCS(=O)(=O)C2)c1. The van der Waals surface area contributed by atoms with Crippen molar-refractivity contribution in [2.45, 2.75) is 25.9 Å². The molecule has 1 amide bonds. The molecule has 1 unspecified atom stereocenters. The minimum absolute atomic E-state index is 0.0467. The summed E-state index contributed by atoms with van der Waals surface area (Å²) in [6.45, 7) is 3.32. The summed E-state index contributed by atoms with van der Waals surface area (Å²) in [5, 5.41) is 6.97. The molecule has 1 atom stereocenters. The number of amides is 1. The summed E-state index contributed by atoms with van der Waals surface area (Å²) in [5.74, 6) is 0.289. The molecule has 1 aromatic heterocycles. The lowest BCUT2D eigenvalue weighted by atomic mass is 10.2. The van der Waals surface area contributed by atoms with E-state index in [1.165, 1.54) is 0 Å². The van der Waals surface area contributed by atoms with Crippen LogP contribution in [0.3, 0.4) is 0 Å². The van der Waals surface area contributed by atoms with E-state index < -0.39 is 9.84 Å². The molecule has 21 heavy (non-hydrogen) atoms. The predicted octanol–water partition coefficient (Wildman–Crippen LogP) is -0.573. The molecule has 0 radical (unpaired) electrons. The fraction of sp³-hybridized carbons (Fsp3) is 0.692. The Morgan fingerprint density at radius 1 is 1.57 bits per heavy atom. The summed E-state index contributed by atoms with van der Waals surface area (Å²) >= 11 is 0. The lowest BCUT2D eigenvalue weighted by Crippen LogP contribution is -2.41. The van der Waals surface area contributed by atoms with Crippen LogP contribution < -0.4 is 5.32 Å². The van der Waals surface area contributed by atoms with E-state index in [1.807, 2.05) is 18.0 Å². The minimum atomic E-state index is -2.91. The Kier molecular flexibility index (Phi) is 5.00. The van der Waals surface area contributed by atoms with Crippen molar-refractivity contribution in [3.63, 3.8) is 0 Å². The predicted molar refractivity (Wildman–Crippen MR) is 79.7 cm³/mol. The standard InChI is InChI=1S/C13H22N4O3S/c1-11-7-15-17(8-11)5-4-14-13(18)9-16(2)12-3-6-21(19,20)10-12/h7-8,12H,3-6,9-10H2,1-2H3,(H,14,18). The second-order valence-corrected chi connectivity index (χ2v) is 7.83. The summed E-state index contributed by atoms with van der Waals surface area (Å²) in [7, 11) is -1.12. The van der Waals surface area contributed by atoms with E-state index in [4.69, 9.17) is 0 Å². The first-order valence-corrected chi connectivity index (χ1v) is 8.84. The van der Waals surface area contributed by atoms with Gasteiger partial charge in [0.1, 0.15) is 0 Å². The smallest absolute Gasteiger partial charge is 0.234 e. The van der Waals surface area contributed by atoms with Crippen LogP contribution in [0.2, 0.25) is 0 Å². The average Bonchev–Trinajstić information content (AvgIpc) is 2.95. The Balaban J connectivity index is 1.69. The van der Waals surface area contributed by atoms with Crippen molar-refractivity contribution in [3.8, 4) is 0 Å². The molecule has 8 heteroatoms. The van der Waals surface area contributed by atoms with E-state index in [0.29, 0.717) is 19.5 Å².